The number of anilines is 1. The van der Waals surface area contributed by atoms with Crippen molar-refractivity contribution < 1.29 is 9.32 Å². The minimum absolute atomic E-state index is 0.113. The van der Waals surface area contributed by atoms with Gasteiger partial charge in [-0.05, 0) is 33.3 Å². The Morgan fingerprint density at radius 1 is 1.43 bits per heavy atom. The summed E-state index contributed by atoms with van der Waals surface area (Å²) in [7, 11) is 0. The van der Waals surface area contributed by atoms with Crippen LogP contribution in [0, 0.1) is 13.8 Å². The van der Waals surface area contributed by atoms with Crippen LogP contribution in [0.1, 0.15) is 25.1 Å². The number of carbonyl (C=O) groups is 1. The normalized spacial score (nSPS) is 13.9. The molecule has 2 aromatic heterocycles. The van der Waals surface area contributed by atoms with Crippen LogP contribution in [0.3, 0.4) is 0 Å². The lowest BCUT2D eigenvalue weighted by atomic mass is 10.2. The van der Waals surface area contributed by atoms with E-state index in [9.17, 15) is 4.79 Å². The summed E-state index contributed by atoms with van der Waals surface area (Å²) < 4.78 is 6.82. The second-order valence-electron chi connectivity index (χ2n) is 5.35. The first-order valence-corrected chi connectivity index (χ1v) is 6.93. The van der Waals surface area contributed by atoms with Gasteiger partial charge in [0.2, 0.25) is 11.8 Å². The second-order valence-corrected chi connectivity index (χ2v) is 5.35. The number of nitrogens with one attached hydrogen (secondary N) is 2. The molecular formula is C14H21N5O2. The van der Waals surface area contributed by atoms with Crippen molar-refractivity contribution >= 4 is 11.8 Å². The van der Waals surface area contributed by atoms with Crippen LogP contribution in [0.4, 0.5) is 5.88 Å². The van der Waals surface area contributed by atoms with E-state index in [1.807, 2.05) is 37.8 Å². The van der Waals surface area contributed by atoms with Crippen molar-refractivity contribution in [1.29, 1.82) is 0 Å². The van der Waals surface area contributed by atoms with Gasteiger partial charge in [-0.1, -0.05) is 5.16 Å². The highest BCUT2D eigenvalue weighted by atomic mass is 16.5. The zero-order valence-corrected chi connectivity index (χ0v) is 12.8. The predicted molar refractivity (Wildman–Crippen MR) is 78.9 cm³/mol. The topological polar surface area (TPSA) is 85.0 Å². The molecule has 2 rings (SSSR count). The molecule has 0 aliphatic heterocycles. The number of nitrogens with zero attached hydrogens (tertiary/aromatic N) is 3. The minimum atomic E-state index is -0.345. The SMILES string of the molecule is Cc1cnn(C[C@@H](C)N[C@@H](C)C(=O)Nc2cc(C)no2)c1. The third kappa shape index (κ3) is 4.42. The van der Waals surface area contributed by atoms with Crippen molar-refractivity contribution in [3.63, 3.8) is 0 Å². The fourth-order valence-electron chi connectivity index (χ4n) is 2.05. The van der Waals surface area contributed by atoms with E-state index in [1.165, 1.54) is 0 Å². The minimum Gasteiger partial charge on any atom is -0.338 e. The molecule has 0 aliphatic carbocycles. The van der Waals surface area contributed by atoms with E-state index in [0.29, 0.717) is 12.4 Å². The fourth-order valence-corrected chi connectivity index (χ4v) is 2.05. The first-order chi connectivity index (χ1) is 9.94. The van der Waals surface area contributed by atoms with Gasteiger partial charge in [-0.15, -0.1) is 0 Å². The summed E-state index contributed by atoms with van der Waals surface area (Å²) in [5, 5.41) is 13.9. The molecule has 0 aliphatic rings. The highest BCUT2D eigenvalue weighted by molar-refractivity contribution is 5.93. The number of carbonyl (C=O) groups excluding carboxylic acids is 1. The molecule has 21 heavy (non-hydrogen) atoms. The average Bonchev–Trinajstić information content (AvgIpc) is 2.98. The van der Waals surface area contributed by atoms with Crippen LogP contribution in [-0.4, -0.2) is 32.9 Å². The molecule has 2 heterocycles. The van der Waals surface area contributed by atoms with Crippen LogP contribution < -0.4 is 10.6 Å². The molecule has 7 nitrogen and oxygen atoms in total. The van der Waals surface area contributed by atoms with Crippen LogP contribution in [0.25, 0.3) is 0 Å². The molecule has 0 saturated carbocycles. The Balaban J connectivity index is 1.82. The van der Waals surface area contributed by atoms with Crippen LogP contribution in [0.5, 0.6) is 0 Å². The van der Waals surface area contributed by atoms with Crippen LogP contribution in [0.15, 0.2) is 23.0 Å². The van der Waals surface area contributed by atoms with Gasteiger partial charge in [0, 0.05) is 18.3 Å². The van der Waals surface area contributed by atoms with Gasteiger partial charge < -0.3 is 9.84 Å². The Kier molecular flexibility index (Phi) is 4.74. The molecule has 7 heteroatoms. The molecule has 114 valence electrons. The van der Waals surface area contributed by atoms with Crippen molar-refractivity contribution in [3.05, 3.63) is 29.7 Å². The van der Waals surface area contributed by atoms with Gasteiger partial charge in [-0.3, -0.25) is 14.8 Å². The Hall–Kier alpha value is -2.15. The first kappa shape index (κ1) is 15.2. The summed E-state index contributed by atoms with van der Waals surface area (Å²) in [4.78, 5) is 12.0. The number of hydrogen-bond acceptors (Lipinski definition) is 5. The number of rotatable bonds is 6. The standard InChI is InChI=1S/C14H21N5O2/c1-9-6-15-19(7-9)8-11(3)16-12(4)14(20)17-13-5-10(2)18-21-13/h5-7,11-12,16H,8H2,1-4H3,(H,17,20)/t11-,12+/m1/s1. The van der Waals surface area contributed by atoms with Gasteiger partial charge in [-0.25, -0.2) is 0 Å². The van der Waals surface area contributed by atoms with Crippen molar-refractivity contribution in [3.8, 4) is 0 Å². The monoisotopic (exact) mass is 291 g/mol. The molecule has 0 aromatic carbocycles. The maximum Gasteiger partial charge on any atom is 0.243 e. The number of aromatic nitrogens is 3. The zero-order chi connectivity index (χ0) is 15.4. The summed E-state index contributed by atoms with van der Waals surface area (Å²) in [6, 6.07) is 1.45. The van der Waals surface area contributed by atoms with Crippen molar-refractivity contribution in [2.75, 3.05) is 5.32 Å². The predicted octanol–water partition coefficient (Wildman–Crippen LogP) is 1.49. The van der Waals surface area contributed by atoms with Crippen molar-refractivity contribution in [1.82, 2.24) is 20.3 Å². The van der Waals surface area contributed by atoms with E-state index in [2.05, 4.69) is 20.9 Å². The summed E-state index contributed by atoms with van der Waals surface area (Å²) in [6.45, 7) is 8.32. The Morgan fingerprint density at radius 3 is 2.76 bits per heavy atom. The lowest BCUT2D eigenvalue weighted by Gasteiger charge is -2.19. The summed E-state index contributed by atoms with van der Waals surface area (Å²) >= 11 is 0. The third-order valence-corrected chi connectivity index (χ3v) is 3.03. The summed E-state index contributed by atoms with van der Waals surface area (Å²) in [5.74, 6) is 0.205. The number of aryl methyl sites for hydroxylation is 2. The fraction of sp³-hybridized carbons (Fsp3) is 0.500. The van der Waals surface area contributed by atoms with Crippen molar-refractivity contribution in [2.24, 2.45) is 0 Å². The molecular weight excluding hydrogens is 270 g/mol. The second kappa shape index (κ2) is 6.53. The lowest BCUT2D eigenvalue weighted by Crippen LogP contribution is -2.44. The van der Waals surface area contributed by atoms with E-state index >= 15 is 0 Å². The Labute approximate surface area is 123 Å². The van der Waals surface area contributed by atoms with Gasteiger partial charge in [-0.2, -0.15) is 5.10 Å². The zero-order valence-electron chi connectivity index (χ0n) is 12.8. The van der Waals surface area contributed by atoms with Crippen LogP contribution >= 0.6 is 0 Å². The molecule has 0 spiro atoms. The van der Waals surface area contributed by atoms with Gasteiger partial charge in [0.05, 0.1) is 24.5 Å². The first-order valence-electron chi connectivity index (χ1n) is 6.93. The summed E-state index contributed by atoms with van der Waals surface area (Å²) in [6.07, 6.45) is 3.79. The van der Waals surface area contributed by atoms with Gasteiger partial charge >= 0.3 is 0 Å². The van der Waals surface area contributed by atoms with Crippen LogP contribution in [-0.2, 0) is 11.3 Å². The van der Waals surface area contributed by atoms with E-state index in [0.717, 1.165) is 11.3 Å². The third-order valence-electron chi connectivity index (χ3n) is 3.03. The highest BCUT2D eigenvalue weighted by Crippen LogP contribution is 2.08. The molecule has 0 saturated heterocycles. The summed E-state index contributed by atoms with van der Waals surface area (Å²) in [5.41, 5.74) is 1.85. The molecule has 2 aromatic rings. The number of amides is 1. The maximum absolute atomic E-state index is 12.0. The largest absolute Gasteiger partial charge is 0.338 e. The molecule has 2 N–H and O–H groups in total. The van der Waals surface area contributed by atoms with Gasteiger partial charge in [0.15, 0.2) is 0 Å². The molecule has 0 unspecified atom stereocenters. The lowest BCUT2D eigenvalue weighted by molar-refractivity contribution is -0.118. The maximum atomic E-state index is 12.0. The molecule has 0 fully saturated rings. The van der Waals surface area contributed by atoms with Crippen LogP contribution in [0.2, 0.25) is 0 Å². The van der Waals surface area contributed by atoms with E-state index < -0.39 is 0 Å². The molecule has 0 radical (unpaired) electrons. The highest BCUT2D eigenvalue weighted by Gasteiger charge is 2.17. The Morgan fingerprint density at radius 2 is 2.19 bits per heavy atom. The number of hydrogen-bond donors (Lipinski definition) is 2. The van der Waals surface area contributed by atoms with E-state index in [-0.39, 0.29) is 18.0 Å². The van der Waals surface area contributed by atoms with E-state index in [1.54, 1.807) is 13.0 Å². The Bertz CT molecular complexity index is 604. The van der Waals surface area contributed by atoms with E-state index in [4.69, 9.17) is 4.52 Å². The van der Waals surface area contributed by atoms with Crippen molar-refractivity contribution in [2.45, 2.75) is 46.3 Å². The molecule has 0 bridgehead atoms. The molecule has 2 atom stereocenters. The smallest absolute Gasteiger partial charge is 0.243 e. The van der Waals surface area contributed by atoms with Gasteiger partial charge in [0.1, 0.15) is 0 Å². The average molecular weight is 291 g/mol. The molecule has 1 amide bonds. The van der Waals surface area contributed by atoms with Gasteiger partial charge in [0.25, 0.3) is 0 Å². The quantitative estimate of drug-likeness (QED) is 0.842.